The first-order valence-corrected chi connectivity index (χ1v) is 19.2. The van der Waals surface area contributed by atoms with E-state index < -0.39 is 33.7 Å². The van der Waals surface area contributed by atoms with E-state index in [0.29, 0.717) is 53.6 Å². The fourth-order valence-electron chi connectivity index (χ4n) is 4.37. The lowest BCUT2D eigenvalue weighted by Crippen LogP contribution is -2.37. The Bertz CT molecular complexity index is 2100. The highest BCUT2D eigenvalue weighted by atomic mass is 33.1. The van der Waals surface area contributed by atoms with Gasteiger partial charge in [0.2, 0.25) is 17.7 Å². The number of nitrogens with one attached hydrogen (secondary N) is 3. The Morgan fingerprint density at radius 1 is 0.593 bits per heavy atom. The molecule has 0 bridgehead atoms. The Hall–Kier alpha value is -5.28. The normalized spacial score (nSPS) is 10.4. The molecule has 0 aromatic carbocycles. The van der Waals surface area contributed by atoms with Crippen molar-refractivity contribution >= 4 is 51.9 Å². The maximum absolute atomic E-state index is 12.5. The van der Waals surface area contributed by atoms with Gasteiger partial charge in [0.15, 0.2) is 0 Å². The zero-order valence-electron chi connectivity index (χ0n) is 30.1. The first-order valence-electron chi connectivity index (χ1n) is 16.1. The van der Waals surface area contributed by atoms with Crippen LogP contribution in [0, 0.1) is 20.8 Å². The maximum atomic E-state index is 12.5. The lowest BCUT2D eigenvalue weighted by Gasteiger charge is -2.19. The number of rotatable bonds is 18. The van der Waals surface area contributed by atoms with Crippen LogP contribution in [0.2, 0.25) is 0 Å². The molecule has 0 unspecified atom stereocenters. The van der Waals surface area contributed by atoms with Crippen LogP contribution in [0.25, 0.3) is 0 Å². The Morgan fingerprint density at radius 3 is 1.13 bits per heavy atom. The maximum Gasteiger partial charge on any atom is 0.328 e. The van der Waals surface area contributed by atoms with Crippen LogP contribution in [0.1, 0.15) is 16.7 Å². The highest BCUT2D eigenvalue weighted by molar-refractivity contribution is 8.76. The van der Waals surface area contributed by atoms with Gasteiger partial charge in [0.1, 0.15) is 19.6 Å². The van der Waals surface area contributed by atoms with Crippen molar-refractivity contribution in [3.63, 3.8) is 0 Å². The smallest absolute Gasteiger partial charge is 0.317 e. The number of aryl methyl sites for hydroxylation is 3. The second-order valence-electron chi connectivity index (χ2n) is 11.3. The molecule has 0 atom stereocenters. The van der Waals surface area contributed by atoms with Crippen molar-refractivity contribution in [3.8, 4) is 0 Å². The summed E-state index contributed by atoms with van der Waals surface area (Å²) in [4.78, 5) is 117. The van der Waals surface area contributed by atoms with E-state index in [-0.39, 0.29) is 37.4 Å². The molecule has 18 nitrogen and oxygen atoms in total. The molecule has 54 heavy (non-hydrogen) atoms. The summed E-state index contributed by atoms with van der Waals surface area (Å²) in [7, 11) is 2.99. The molecule has 0 aliphatic heterocycles. The van der Waals surface area contributed by atoms with Crippen molar-refractivity contribution in [1.82, 2.24) is 43.4 Å². The van der Waals surface area contributed by atoms with Gasteiger partial charge in [-0.3, -0.25) is 57.4 Å². The van der Waals surface area contributed by atoms with Crippen LogP contribution in [0.3, 0.4) is 0 Å². The predicted octanol–water partition coefficient (Wildman–Crippen LogP) is -0.224. The van der Waals surface area contributed by atoms with Gasteiger partial charge in [0.25, 0.3) is 16.7 Å². The van der Waals surface area contributed by atoms with Gasteiger partial charge in [-0.05, 0) is 39.4 Å². The van der Waals surface area contributed by atoms with E-state index in [1.54, 1.807) is 20.8 Å². The van der Waals surface area contributed by atoms with Gasteiger partial charge in [0, 0.05) is 72.2 Å². The number of amides is 3. The number of thiol groups is 1. The molecule has 3 aromatic heterocycles. The second-order valence-corrected chi connectivity index (χ2v) is 14.4. The standard InChI is InChI=1S/C22H28N6O6S2.C11H15N3O3S/c1-5-25(17(29)13-27-11-15(3)19(31)23-21(27)33)7-9-35-36-10-8-26(6-2)18(30)14-28-12-16(4)20(32)24-22(28)34;1-3-13(4-5-18)9(15)7-14-6-8(2)10(16)12-11(14)17/h5-6,11-12H,1-2,7-10,13-14H2,3-4H3,(H,23,31,33)(H,24,32,34);3,6,18H,1,4-5,7H2,2H3,(H,12,16,17). The molecular formula is C33H43N9O9S3. The van der Waals surface area contributed by atoms with E-state index in [9.17, 15) is 43.2 Å². The molecule has 0 aliphatic rings. The van der Waals surface area contributed by atoms with Crippen molar-refractivity contribution in [2.45, 2.75) is 40.4 Å². The van der Waals surface area contributed by atoms with Gasteiger partial charge in [-0.1, -0.05) is 41.3 Å². The van der Waals surface area contributed by atoms with E-state index in [4.69, 9.17) is 0 Å². The van der Waals surface area contributed by atoms with Crippen LogP contribution in [0.4, 0.5) is 0 Å². The summed E-state index contributed by atoms with van der Waals surface area (Å²) in [6, 6.07) is 0. The SMILES string of the molecule is C=CN(CCS)C(=O)Cn1cc(C)c(=O)[nH]c1=O.C=CN(CCSSCCN(C=C)C(=O)Cn1cc(C)c(=O)[nH]c1=O)C(=O)Cn1cc(C)c(=O)[nH]c1=O. The van der Waals surface area contributed by atoms with Crippen LogP contribution >= 0.6 is 34.2 Å². The molecule has 0 fully saturated rings. The Morgan fingerprint density at radius 2 is 0.870 bits per heavy atom. The molecule has 292 valence electrons. The van der Waals surface area contributed by atoms with Gasteiger partial charge in [-0.25, -0.2) is 14.4 Å². The molecule has 0 radical (unpaired) electrons. The van der Waals surface area contributed by atoms with Crippen LogP contribution in [0.15, 0.2) is 85.7 Å². The van der Waals surface area contributed by atoms with Gasteiger partial charge in [-0.2, -0.15) is 12.6 Å². The van der Waals surface area contributed by atoms with Crippen LogP contribution < -0.4 is 33.7 Å². The molecule has 0 aliphatic carbocycles. The minimum Gasteiger partial charge on any atom is -0.317 e. The number of carbonyl (C=O) groups is 3. The summed E-state index contributed by atoms with van der Waals surface area (Å²) >= 11 is 4.03. The van der Waals surface area contributed by atoms with Crippen molar-refractivity contribution < 1.29 is 14.4 Å². The third-order valence-electron chi connectivity index (χ3n) is 7.36. The van der Waals surface area contributed by atoms with Crippen molar-refractivity contribution in [2.75, 3.05) is 36.9 Å². The summed E-state index contributed by atoms with van der Waals surface area (Å²) in [6.45, 7) is 16.0. The van der Waals surface area contributed by atoms with E-state index in [1.807, 2.05) is 0 Å². The topological polar surface area (TPSA) is 226 Å². The summed E-state index contributed by atoms with van der Waals surface area (Å²) in [5, 5.41) is 0. The number of hydrogen-bond donors (Lipinski definition) is 4. The lowest BCUT2D eigenvalue weighted by atomic mass is 10.4. The molecule has 3 heterocycles. The summed E-state index contributed by atoms with van der Waals surface area (Å²) in [6.07, 6.45) is 8.20. The Balaban J connectivity index is 0.000000469. The average Bonchev–Trinajstić information content (AvgIpc) is 3.12. The molecule has 0 spiro atoms. The molecule has 21 heteroatoms. The zero-order chi connectivity index (χ0) is 40.5. The van der Waals surface area contributed by atoms with E-state index in [1.165, 1.54) is 73.5 Å². The van der Waals surface area contributed by atoms with Gasteiger partial charge < -0.3 is 14.7 Å². The lowest BCUT2D eigenvalue weighted by molar-refractivity contribution is -0.129. The van der Waals surface area contributed by atoms with Gasteiger partial charge in [0.05, 0.1) is 0 Å². The summed E-state index contributed by atoms with van der Waals surface area (Å²) in [5.74, 6) is 0.650. The molecule has 3 aromatic rings. The number of H-pyrrole nitrogens is 3. The highest BCUT2D eigenvalue weighted by Crippen LogP contribution is 2.21. The van der Waals surface area contributed by atoms with E-state index in [2.05, 4.69) is 47.3 Å². The minimum absolute atomic E-state index is 0.143. The molecule has 0 saturated carbocycles. The quantitative estimate of drug-likeness (QED) is 0.0747. The number of carbonyl (C=O) groups excluding carboxylic acids is 3. The van der Waals surface area contributed by atoms with Crippen molar-refractivity contribution in [3.05, 3.63) is 136 Å². The van der Waals surface area contributed by atoms with Crippen LogP contribution in [-0.2, 0) is 34.0 Å². The largest absolute Gasteiger partial charge is 0.328 e. The predicted molar refractivity (Wildman–Crippen MR) is 213 cm³/mol. The average molecular weight is 806 g/mol. The van der Waals surface area contributed by atoms with Crippen LogP contribution in [0.5, 0.6) is 0 Å². The van der Waals surface area contributed by atoms with Crippen molar-refractivity contribution in [2.24, 2.45) is 0 Å². The number of nitrogens with zero attached hydrogens (tertiary/aromatic N) is 6. The monoisotopic (exact) mass is 805 g/mol. The fourth-order valence-corrected chi connectivity index (χ4v) is 6.52. The number of hydrogen-bond acceptors (Lipinski definition) is 12. The minimum atomic E-state index is -0.658. The van der Waals surface area contributed by atoms with Crippen molar-refractivity contribution in [1.29, 1.82) is 0 Å². The van der Waals surface area contributed by atoms with Gasteiger partial charge in [-0.15, -0.1) is 0 Å². The number of aromatic amines is 3. The van der Waals surface area contributed by atoms with Crippen LogP contribution in [-0.4, -0.2) is 98.0 Å². The first-order chi connectivity index (χ1) is 25.6. The second kappa shape index (κ2) is 22.1. The third kappa shape index (κ3) is 13.6. The Kier molecular flexibility index (Phi) is 18.3. The van der Waals surface area contributed by atoms with E-state index in [0.717, 1.165) is 13.7 Å². The highest BCUT2D eigenvalue weighted by Gasteiger charge is 2.15. The third-order valence-corrected chi connectivity index (χ3v) is 9.93. The van der Waals surface area contributed by atoms with E-state index >= 15 is 0 Å². The number of aromatic nitrogens is 6. The first kappa shape index (κ1) is 44.9. The molecule has 3 amide bonds. The molecule has 3 N–H and O–H groups in total. The molecular weight excluding hydrogens is 763 g/mol. The molecule has 0 saturated heterocycles. The van der Waals surface area contributed by atoms with Gasteiger partial charge >= 0.3 is 17.1 Å². The Labute approximate surface area is 322 Å². The molecule has 3 rings (SSSR count). The zero-order valence-corrected chi connectivity index (χ0v) is 32.6. The summed E-state index contributed by atoms with van der Waals surface area (Å²) < 4.78 is 3.44. The fraction of sp³-hybridized carbons (Fsp3) is 0.364. The summed E-state index contributed by atoms with van der Waals surface area (Å²) in [5.41, 5.74) is -2.32.